The Kier molecular flexibility index (Phi) is 3.79. The first-order valence-corrected chi connectivity index (χ1v) is 7.02. The standard InChI is InChI=1S/C17H18N4/c1-13-7-5-6-8-14(13)11-16-19-20-17(12-18)21(16)15-9-3-2-4-10-15/h2-10H,11-12,18H2,1H3. The van der Waals surface area contributed by atoms with Gasteiger partial charge in [0.05, 0.1) is 6.54 Å². The lowest BCUT2D eigenvalue weighted by Crippen LogP contribution is -2.10. The molecule has 1 aromatic heterocycles. The molecule has 2 aromatic carbocycles. The largest absolute Gasteiger partial charge is 0.324 e. The molecule has 3 aromatic rings. The summed E-state index contributed by atoms with van der Waals surface area (Å²) in [6, 6.07) is 18.4. The minimum absolute atomic E-state index is 0.371. The van der Waals surface area contributed by atoms with Gasteiger partial charge < -0.3 is 5.73 Å². The normalized spacial score (nSPS) is 10.8. The average Bonchev–Trinajstić information content (AvgIpc) is 2.93. The average molecular weight is 278 g/mol. The number of hydrogen-bond acceptors (Lipinski definition) is 3. The van der Waals surface area contributed by atoms with Gasteiger partial charge in [0.1, 0.15) is 5.82 Å². The van der Waals surface area contributed by atoms with Crippen molar-refractivity contribution < 1.29 is 0 Å². The van der Waals surface area contributed by atoms with Gasteiger partial charge in [0.2, 0.25) is 0 Å². The van der Waals surface area contributed by atoms with Crippen LogP contribution in [0.1, 0.15) is 22.8 Å². The van der Waals surface area contributed by atoms with Crippen LogP contribution >= 0.6 is 0 Å². The van der Waals surface area contributed by atoms with Crippen molar-refractivity contribution in [1.82, 2.24) is 14.8 Å². The zero-order valence-electron chi connectivity index (χ0n) is 12.0. The fourth-order valence-electron chi connectivity index (χ4n) is 2.45. The van der Waals surface area contributed by atoms with Gasteiger partial charge in [-0.15, -0.1) is 10.2 Å². The van der Waals surface area contributed by atoms with Gasteiger partial charge in [0, 0.05) is 12.1 Å². The molecular formula is C17H18N4. The van der Waals surface area contributed by atoms with E-state index in [0.717, 1.165) is 23.8 Å². The van der Waals surface area contributed by atoms with E-state index in [0.29, 0.717) is 6.54 Å². The molecule has 0 aliphatic carbocycles. The van der Waals surface area contributed by atoms with Crippen LogP contribution in [0.25, 0.3) is 5.69 Å². The van der Waals surface area contributed by atoms with Gasteiger partial charge in [0.25, 0.3) is 0 Å². The lowest BCUT2D eigenvalue weighted by molar-refractivity contribution is 0.837. The molecule has 0 fully saturated rings. The van der Waals surface area contributed by atoms with Gasteiger partial charge in [-0.05, 0) is 30.2 Å². The monoisotopic (exact) mass is 278 g/mol. The number of para-hydroxylation sites is 1. The van der Waals surface area contributed by atoms with Crippen LogP contribution in [0.5, 0.6) is 0 Å². The van der Waals surface area contributed by atoms with E-state index in [4.69, 9.17) is 5.73 Å². The smallest absolute Gasteiger partial charge is 0.151 e. The summed E-state index contributed by atoms with van der Waals surface area (Å²) in [5, 5.41) is 8.56. The van der Waals surface area contributed by atoms with E-state index in [1.165, 1.54) is 11.1 Å². The van der Waals surface area contributed by atoms with Gasteiger partial charge in [-0.25, -0.2) is 0 Å². The molecule has 1 heterocycles. The molecule has 21 heavy (non-hydrogen) atoms. The summed E-state index contributed by atoms with van der Waals surface area (Å²) in [5.41, 5.74) is 9.36. The van der Waals surface area contributed by atoms with Crippen molar-refractivity contribution in [3.8, 4) is 5.69 Å². The van der Waals surface area contributed by atoms with E-state index >= 15 is 0 Å². The van der Waals surface area contributed by atoms with Crippen molar-refractivity contribution in [1.29, 1.82) is 0 Å². The summed E-state index contributed by atoms with van der Waals surface area (Å²) in [4.78, 5) is 0. The van der Waals surface area contributed by atoms with Crippen LogP contribution in [-0.2, 0) is 13.0 Å². The van der Waals surface area contributed by atoms with Crippen LogP contribution in [0.15, 0.2) is 54.6 Å². The van der Waals surface area contributed by atoms with Crippen LogP contribution in [0, 0.1) is 6.92 Å². The van der Waals surface area contributed by atoms with Crippen molar-refractivity contribution in [2.24, 2.45) is 5.73 Å². The number of aromatic nitrogens is 3. The Morgan fingerprint density at radius 3 is 2.29 bits per heavy atom. The van der Waals surface area contributed by atoms with Crippen molar-refractivity contribution in [2.75, 3.05) is 0 Å². The Bertz CT molecular complexity index is 732. The SMILES string of the molecule is Cc1ccccc1Cc1nnc(CN)n1-c1ccccc1. The number of benzene rings is 2. The molecule has 0 unspecified atom stereocenters. The molecule has 0 bridgehead atoms. The van der Waals surface area contributed by atoms with E-state index in [1.807, 2.05) is 41.0 Å². The van der Waals surface area contributed by atoms with E-state index in [2.05, 4.69) is 35.3 Å². The highest BCUT2D eigenvalue weighted by molar-refractivity contribution is 5.36. The minimum atomic E-state index is 0.371. The Morgan fingerprint density at radius 2 is 1.57 bits per heavy atom. The van der Waals surface area contributed by atoms with E-state index in [-0.39, 0.29) is 0 Å². The zero-order valence-corrected chi connectivity index (χ0v) is 12.0. The van der Waals surface area contributed by atoms with E-state index in [1.54, 1.807) is 0 Å². The summed E-state index contributed by atoms with van der Waals surface area (Å²) in [6.45, 7) is 2.48. The molecule has 0 atom stereocenters. The molecule has 0 spiro atoms. The molecule has 0 aliphatic rings. The third kappa shape index (κ3) is 2.71. The van der Waals surface area contributed by atoms with Crippen molar-refractivity contribution in [3.63, 3.8) is 0 Å². The fourth-order valence-corrected chi connectivity index (χ4v) is 2.45. The Labute approximate surface area is 124 Å². The summed E-state index contributed by atoms with van der Waals surface area (Å²) in [6.07, 6.45) is 0.745. The van der Waals surface area contributed by atoms with Gasteiger partial charge in [-0.2, -0.15) is 0 Å². The zero-order chi connectivity index (χ0) is 14.7. The third-order valence-electron chi connectivity index (χ3n) is 3.60. The molecule has 4 heteroatoms. The number of aryl methyl sites for hydroxylation is 1. The van der Waals surface area contributed by atoms with E-state index < -0.39 is 0 Å². The second-order valence-corrected chi connectivity index (χ2v) is 5.01. The summed E-state index contributed by atoms with van der Waals surface area (Å²) in [7, 11) is 0. The third-order valence-corrected chi connectivity index (χ3v) is 3.60. The maximum atomic E-state index is 5.80. The maximum Gasteiger partial charge on any atom is 0.151 e. The van der Waals surface area contributed by atoms with Gasteiger partial charge >= 0.3 is 0 Å². The summed E-state index contributed by atoms with van der Waals surface area (Å²) in [5.74, 6) is 1.70. The molecule has 4 nitrogen and oxygen atoms in total. The number of rotatable bonds is 4. The Morgan fingerprint density at radius 1 is 0.905 bits per heavy atom. The lowest BCUT2D eigenvalue weighted by Gasteiger charge is -2.10. The molecule has 0 radical (unpaired) electrons. The van der Waals surface area contributed by atoms with Gasteiger partial charge in [-0.1, -0.05) is 42.5 Å². The molecule has 3 rings (SSSR count). The highest BCUT2D eigenvalue weighted by Gasteiger charge is 2.13. The van der Waals surface area contributed by atoms with Crippen LogP contribution in [-0.4, -0.2) is 14.8 Å². The van der Waals surface area contributed by atoms with Crippen molar-refractivity contribution >= 4 is 0 Å². The molecule has 0 saturated carbocycles. The Balaban J connectivity index is 2.04. The fraction of sp³-hybridized carbons (Fsp3) is 0.176. The van der Waals surface area contributed by atoms with E-state index in [9.17, 15) is 0 Å². The van der Waals surface area contributed by atoms with Gasteiger partial charge in [-0.3, -0.25) is 4.57 Å². The molecule has 106 valence electrons. The molecular weight excluding hydrogens is 260 g/mol. The molecule has 0 aliphatic heterocycles. The van der Waals surface area contributed by atoms with Crippen LogP contribution in [0.2, 0.25) is 0 Å². The molecule has 0 saturated heterocycles. The van der Waals surface area contributed by atoms with Crippen LogP contribution in [0.3, 0.4) is 0 Å². The molecule has 2 N–H and O–H groups in total. The topological polar surface area (TPSA) is 56.7 Å². The second-order valence-electron chi connectivity index (χ2n) is 5.01. The number of nitrogens with zero attached hydrogens (tertiary/aromatic N) is 3. The van der Waals surface area contributed by atoms with Gasteiger partial charge in [0.15, 0.2) is 5.82 Å². The highest BCUT2D eigenvalue weighted by atomic mass is 15.3. The number of hydrogen-bond donors (Lipinski definition) is 1. The van der Waals surface area contributed by atoms with Crippen LogP contribution in [0.4, 0.5) is 0 Å². The minimum Gasteiger partial charge on any atom is -0.324 e. The van der Waals surface area contributed by atoms with Crippen molar-refractivity contribution in [2.45, 2.75) is 19.9 Å². The highest BCUT2D eigenvalue weighted by Crippen LogP contribution is 2.17. The second kappa shape index (κ2) is 5.89. The number of nitrogens with two attached hydrogens (primary N) is 1. The maximum absolute atomic E-state index is 5.80. The first-order valence-electron chi connectivity index (χ1n) is 7.02. The van der Waals surface area contributed by atoms with Crippen LogP contribution < -0.4 is 5.73 Å². The summed E-state index contributed by atoms with van der Waals surface area (Å²) < 4.78 is 2.05. The lowest BCUT2D eigenvalue weighted by atomic mass is 10.1. The predicted molar refractivity (Wildman–Crippen MR) is 83.2 cm³/mol. The predicted octanol–water partition coefficient (Wildman–Crippen LogP) is 2.63. The quantitative estimate of drug-likeness (QED) is 0.798. The van der Waals surface area contributed by atoms with Crippen molar-refractivity contribution in [3.05, 3.63) is 77.4 Å². The first kappa shape index (κ1) is 13.5. The molecule has 0 amide bonds. The Hall–Kier alpha value is -2.46. The first-order chi connectivity index (χ1) is 10.3. The summed E-state index contributed by atoms with van der Waals surface area (Å²) >= 11 is 0.